The zero-order valence-corrected chi connectivity index (χ0v) is 10.1. The van der Waals surface area contributed by atoms with Crippen LogP contribution in [0.15, 0.2) is 12.4 Å². The van der Waals surface area contributed by atoms with Crippen LogP contribution in [0.3, 0.4) is 0 Å². The van der Waals surface area contributed by atoms with Crippen molar-refractivity contribution in [2.45, 2.75) is 46.1 Å². The summed E-state index contributed by atoms with van der Waals surface area (Å²) in [6.45, 7) is 7.80. The van der Waals surface area contributed by atoms with Crippen LogP contribution in [0.25, 0.3) is 0 Å². The Bertz CT molecular complexity index is 243. The first-order chi connectivity index (χ1) is 7.27. The van der Waals surface area contributed by atoms with E-state index in [4.69, 9.17) is 0 Å². The van der Waals surface area contributed by atoms with E-state index in [0.29, 0.717) is 6.04 Å². The van der Waals surface area contributed by atoms with Gasteiger partial charge in [0, 0.05) is 12.4 Å². The highest BCUT2D eigenvalue weighted by Gasteiger charge is 2.11. The van der Waals surface area contributed by atoms with Crippen molar-refractivity contribution in [2.75, 3.05) is 6.54 Å². The monoisotopic (exact) mass is 209 g/mol. The average molecular weight is 209 g/mol. The maximum atomic E-state index is 4.29. The van der Waals surface area contributed by atoms with Crippen molar-refractivity contribution in [2.24, 2.45) is 5.92 Å². The summed E-state index contributed by atoms with van der Waals surface area (Å²) in [7, 11) is 0. The quantitative estimate of drug-likeness (QED) is 0.725. The van der Waals surface area contributed by atoms with Crippen LogP contribution in [0.1, 0.15) is 51.9 Å². The molecule has 1 rings (SSSR count). The number of H-pyrrole nitrogens is 1. The molecule has 0 aliphatic rings. The second-order valence-electron chi connectivity index (χ2n) is 4.24. The Morgan fingerprint density at radius 1 is 1.47 bits per heavy atom. The van der Waals surface area contributed by atoms with Gasteiger partial charge >= 0.3 is 0 Å². The third-order valence-electron chi connectivity index (χ3n) is 2.75. The first-order valence-corrected chi connectivity index (χ1v) is 6.00. The van der Waals surface area contributed by atoms with Gasteiger partial charge in [0.15, 0.2) is 0 Å². The third kappa shape index (κ3) is 4.04. The second kappa shape index (κ2) is 6.62. The van der Waals surface area contributed by atoms with E-state index in [-0.39, 0.29) is 0 Å². The van der Waals surface area contributed by atoms with E-state index in [2.05, 4.69) is 36.1 Å². The zero-order valence-electron chi connectivity index (χ0n) is 10.1. The van der Waals surface area contributed by atoms with Gasteiger partial charge in [-0.15, -0.1) is 0 Å². The Labute approximate surface area is 92.7 Å². The van der Waals surface area contributed by atoms with Gasteiger partial charge in [-0.05, 0) is 25.3 Å². The summed E-state index contributed by atoms with van der Waals surface area (Å²) in [6.07, 6.45) is 7.33. The van der Waals surface area contributed by atoms with Gasteiger partial charge in [0.1, 0.15) is 5.82 Å². The molecular formula is C12H23N3. The van der Waals surface area contributed by atoms with Gasteiger partial charge in [0.2, 0.25) is 0 Å². The Hall–Kier alpha value is -0.830. The fraction of sp³-hybridized carbons (Fsp3) is 0.750. The molecule has 0 amide bonds. The normalized spacial score (nSPS) is 15.1. The Balaban J connectivity index is 2.35. The summed E-state index contributed by atoms with van der Waals surface area (Å²) in [6, 6.07) is 0.374. The molecule has 0 aromatic carbocycles. The first-order valence-electron chi connectivity index (χ1n) is 6.00. The molecule has 0 aliphatic heterocycles. The van der Waals surface area contributed by atoms with Crippen LogP contribution in [0.2, 0.25) is 0 Å². The van der Waals surface area contributed by atoms with Crippen molar-refractivity contribution in [1.29, 1.82) is 0 Å². The molecule has 3 heteroatoms. The predicted octanol–water partition coefficient (Wildman–Crippen LogP) is 2.89. The summed E-state index contributed by atoms with van der Waals surface area (Å²) < 4.78 is 0. The minimum Gasteiger partial charge on any atom is -0.347 e. The third-order valence-corrected chi connectivity index (χ3v) is 2.75. The van der Waals surface area contributed by atoms with Crippen LogP contribution in [-0.4, -0.2) is 16.5 Å². The molecule has 0 saturated carbocycles. The molecule has 0 aliphatic carbocycles. The predicted molar refractivity (Wildman–Crippen MR) is 63.7 cm³/mol. The van der Waals surface area contributed by atoms with Crippen LogP contribution in [0.4, 0.5) is 0 Å². The van der Waals surface area contributed by atoms with Crippen molar-refractivity contribution >= 4 is 0 Å². The Kier molecular flexibility index (Phi) is 5.40. The van der Waals surface area contributed by atoms with Gasteiger partial charge in [-0.25, -0.2) is 4.98 Å². The summed E-state index contributed by atoms with van der Waals surface area (Å²) >= 11 is 0. The molecule has 0 saturated heterocycles. The molecule has 1 aromatic heterocycles. The number of aromatic nitrogens is 2. The highest BCUT2D eigenvalue weighted by atomic mass is 15.0. The zero-order chi connectivity index (χ0) is 11.1. The van der Waals surface area contributed by atoms with Crippen molar-refractivity contribution in [3.8, 4) is 0 Å². The number of hydrogen-bond donors (Lipinski definition) is 2. The highest BCUT2D eigenvalue weighted by molar-refractivity contribution is 4.94. The molecule has 1 heterocycles. The molecule has 3 nitrogen and oxygen atoms in total. The lowest BCUT2D eigenvalue weighted by Gasteiger charge is -2.17. The molecule has 2 atom stereocenters. The van der Waals surface area contributed by atoms with Crippen molar-refractivity contribution in [3.05, 3.63) is 18.2 Å². The van der Waals surface area contributed by atoms with Gasteiger partial charge in [0.05, 0.1) is 6.04 Å². The van der Waals surface area contributed by atoms with Gasteiger partial charge in [-0.3, -0.25) is 0 Å². The first kappa shape index (κ1) is 12.2. The largest absolute Gasteiger partial charge is 0.347 e. The molecule has 2 N–H and O–H groups in total. The SMILES string of the molecule is CCCC(C)CNC(CC)c1ncc[nH]1. The Morgan fingerprint density at radius 2 is 2.27 bits per heavy atom. The number of aromatic amines is 1. The molecule has 0 bridgehead atoms. The van der Waals surface area contributed by atoms with E-state index in [1.165, 1.54) is 12.8 Å². The molecular weight excluding hydrogens is 186 g/mol. The van der Waals surface area contributed by atoms with Crippen LogP contribution < -0.4 is 5.32 Å². The number of nitrogens with zero attached hydrogens (tertiary/aromatic N) is 1. The number of nitrogens with one attached hydrogen (secondary N) is 2. The van der Waals surface area contributed by atoms with Gasteiger partial charge < -0.3 is 10.3 Å². The fourth-order valence-corrected chi connectivity index (χ4v) is 1.84. The molecule has 0 radical (unpaired) electrons. The van der Waals surface area contributed by atoms with E-state index < -0.39 is 0 Å². The topological polar surface area (TPSA) is 40.7 Å². The molecule has 1 aromatic rings. The van der Waals surface area contributed by atoms with Crippen LogP contribution in [0.5, 0.6) is 0 Å². The summed E-state index contributed by atoms with van der Waals surface area (Å²) in [5.74, 6) is 1.81. The maximum absolute atomic E-state index is 4.29. The summed E-state index contributed by atoms with van der Waals surface area (Å²) in [5, 5.41) is 3.56. The minimum absolute atomic E-state index is 0.374. The van der Waals surface area contributed by atoms with Crippen LogP contribution in [-0.2, 0) is 0 Å². The van der Waals surface area contributed by atoms with Gasteiger partial charge in [-0.1, -0.05) is 27.2 Å². The Morgan fingerprint density at radius 3 is 2.80 bits per heavy atom. The molecule has 0 spiro atoms. The molecule has 15 heavy (non-hydrogen) atoms. The van der Waals surface area contributed by atoms with Crippen molar-refractivity contribution in [1.82, 2.24) is 15.3 Å². The van der Waals surface area contributed by atoms with Gasteiger partial charge in [0.25, 0.3) is 0 Å². The standard InChI is InChI=1S/C12H23N3/c1-4-6-10(3)9-15-11(5-2)12-13-7-8-14-12/h7-8,10-11,15H,4-6,9H2,1-3H3,(H,13,14). The fourth-order valence-electron chi connectivity index (χ4n) is 1.84. The molecule has 0 fully saturated rings. The number of imidazole rings is 1. The average Bonchev–Trinajstić information content (AvgIpc) is 2.72. The summed E-state index contributed by atoms with van der Waals surface area (Å²) in [4.78, 5) is 7.46. The summed E-state index contributed by atoms with van der Waals surface area (Å²) in [5.41, 5.74) is 0. The van der Waals surface area contributed by atoms with Crippen LogP contribution >= 0.6 is 0 Å². The second-order valence-corrected chi connectivity index (χ2v) is 4.24. The van der Waals surface area contributed by atoms with Crippen molar-refractivity contribution < 1.29 is 0 Å². The number of hydrogen-bond acceptors (Lipinski definition) is 2. The lowest BCUT2D eigenvalue weighted by atomic mass is 10.1. The molecule has 2 unspecified atom stereocenters. The van der Waals surface area contributed by atoms with E-state index in [9.17, 15) is 0 Å². The van der Waals surface area contributed by atoms with Crippen LogP contribution in [0, 0.1) is 5.92 Å². The lowest BCUT2D eigenvalue weighted by molar-refractivity contribution is 0.416. The number of rotatable bonds is 7. The van der Waals surface area contributed by atoms with Gasteiger partial charge in [-0.2, -0.15) is 0 Å². The van der Waals surface area contributed by atoms with E-state index in [0.717, 1.165) is 24.7 Å². The lowest BCUT2D eigenvalue weighted by Crippen LogP contribution is -2.26. The highest BCUT2D eigenvalue weighted by Crippen LogP contribution is 2.12. The minimum atomic E-state index is 0.374. The molecule has 86 valence electrons. The van der Waals surface area contributed by atoms with E-state index in [1.54, 1.807) is 0 Å². The van der Waals surface area contributed by atoms with E-state index in [1.807, 2.05) is 12.4 Å². The smallest absolute Gasteiger partial charge is 0.123 e. The van der Waals surface area contributed by atoms with Crippen molar-refractivity contribution in [3.63, 3.8) is 0 Å². The van der Waals surface area contributed by atoms with E-state index >= 15 is 0 Å². The maximum Gasteiger partial charge on any atom is 0.123 e.